The fourth-order valence-corrected chi connectivity index (χ4v) is 5.22. The van der Waals surface area contributed by atoms with Gasteiger partial charge in [0.05, 0.1) is 19.2 Å². The van der Waals surface area contributed by atoms with E-state index in [1.807, 2.05) is 44.7 Å². The molecule has 182 valence electrons. The Labute approximate surface area is 205 Å². The average molecular weight is 473 g/mol. The molecule has 0 aliphatic carbocycles. The van der Waals surface area contributed by atoms with E-state index in [2.05, 4.69) is 38.4 Å². The second kappa shape index (κ2) is 9.17. The van der Waals surface area contributed by atoms with E-state index in [0.29, 0.717) is 18.3 Å². The van der Waals surface area contributed by atoms with E-state index in [-0.39, 0.29) is 5.91 Å². The standard InChI is InChI=1S/C27H32N6O2/c1-16-12-17(2)30-27(29-16)33-19(4)22(18(3)31-33)14-26(34)32-10-8-20(9-11-32)24-15-28-25-7-6-21(35-5)13-23(24)25/h6-7,12-13,15,20,28H,8-11,14H2,1-5H3. The number of aryl methyl sites for hydroxylation is 3. The minimum absolute atomic E-state index is 0.149. The topological polar surface area (TPSA) is 88.9 Å². The third-order valence-electron chi connectivity index (χ3n) is 7.14. The van der Waals surface area contributed by atoms with Crippen LogP contribution in [-0.2, 0) is 11.2 Å². The molecule has 1 aliphatic rings. The van der Waals surface area contributed by atoms with E-state index >= 15 is 0 Å². The van der Waals surface area contributed by atoms with Crippen molar-refractivity contribution in [1.29, 1.82) is 0 Å². The van der Waals surface area contributed by atoms with Crippen molar-refractivity contribution in [3.63, 3.8) is 0 Å². The summed E-state index contributed by atoms with van der Waals surface area (Å²) < 4.78 is 7.18. The van der Waals surface area contributed by atoms with Crippen LogP contribution in [0.3, 0.4) is 0 Å². The molecule has 0 spiro atoms. The van der Waals surface area contributed by atoms with Crippen molar-refractivity contribution >= 4 is 16.8 Å². The van der Waals surface area contributed by atoms with E-state index in [0.717, 1.165) is 65.5 Å². The lowest BCUT2D eigenvalue weighted by Gasteiger charge is -2.32. The highest BCUT2D eigenvalue weighted by Gasteiger charge is 2.27. The number of fused-ring (bicyclic) bond motifs is 1. The number of hydrogen-bond acceptors (Lipinski definition) is 5. The Morgan fingerprint density at radius 3 is 2.49 bits per heavy atom. The average Bonchev–Trinajstić information content (AvgIpc) is 3.39. The van der Waals surface area contributed by atoms with Gasteiger partial charge in [-0.15, -0.1) is 0 Å². The van der Waals surface area contributed by atoms with Crippen molar-refractivity contribution in [2.45, 2.75) is 52.9 Å². The van der Waals surface area contributed by atoms with Crippen molar-refractivity contribution in [3.05, 3.63) is 64.4 Å². The summed E-state index contributed by atoms with van der Waals surface area (Å²) in [6.07, 6.45) is 4.35. The summed E-state index contributed by atoms with van der Waals surface area (Å²) in [7, 11) is 1.69. The molecule has 8 heteroatoms. The predicted molar refractivity (Wildman–Crippen MR) is 135 cm³/mol. The van der Waals surface area contributed by atoms with Gasteiger partial charge in [0.15, 0.2) is 0 Å². The molecule has 0 atom stereocenters. The van der Waals surface area contributed by atoms with Gasteiger partial charge in [-0.05, 0) is 76.3 Å². The zero-order chi connectivity index (χ0) is 24.7. The number of nitrogens with one attached hydrogen (secondary N) is 1. The number of likely N-dealkylation sites (tertiary alicyclic amines) is 1. The molecule has 4 aromatic rings. The van der Waals surface area contributed by atoms with Gasteiger partial charge in [-0.2, -0.15) is 5.10 Å². The van der Waals surface area contributed by atoms with E-state index in [1.165, 1.54) is 10.9 Å². The highest BCUT2D eigenvalue weighted by Crippen LogP contribution is 2.35. The zero-order valence-corrected chi connectivity index (χ0v) is 21.1. The molecular weight excluding hydrogens is 440 g/mol. The monoisotopic (exact) mass is 472 g/mol. The molecule has 1 saturated heterocycles. The minimum Gasteiger partial charge on any atom is -0.497 e. The SMILES string of the molecule is COc1ccc2[nH]cc(C3CCN(C(=O)Cc4c(C)nn(-c5nc(C)cc(C)n5)c4C)CC3)c2c1. The molecule has 8 nitrogen and oxygen atoms in total. The molecule has 1 aromatic carbocycles. The quantitative estimate of drug-likeness (QED) is 0.467. The maximum Gasteiger partial charge on any atom is 0.251 e. The Kier molecular flexibility index (Phi) is 6.05. The molecule has 1 N–H and O–H groups in total. The number of methoxy groups -OCH3 is 1. The summed E-state index contributed by atoms with van der Waals surface area (Å²) in [6, 6.07) is 8.07. The number of nitrogens with zero attached hydrogens (tertiary/aromatic N) is 5. The maximum atomic E-state index is 13.2. The van der Waals surface area contributed by atoms with Gasteiger partial charge in [-0.3, -0.25) is 4.79 Å². The first kappa shape index (κ1) is 23.1. The van der Waals surface area contributed by atoms with Crippen molar-refractivity contribution in [2.24, 2.45) is 0 Å². The molecule has 0 saturated carbocycles. The lowest BCUT2D eigenvalue weighted by atomic mass is 9.89. The van der Waals surface area contributed by atoms with Gasteiger partial charge >= 0.3 is 0 Å². The molecule has 5 rings (SSSR count). The van der Waals surface area contributed by atoms with Gasteiger partial charge in [-0.25, -0.2) is 14.6 Å². The number of amides is 1. The first-order chi connectivity index (χ1) is 16.8. The molecule has 1 amide bonds. The Hall–Kier alpha value is -3.68. The summed E-state index contributed by atoms with van der Waals surface area (Å²) in [5, 5.41) is 5.87. The van der Waals surface area contributed by atoms with Crippen LogP contribution in [0.2, 0.25) is 0 Å². The van der Waals surface area contributed by atoms with E-state index < -0.39 is 0 Å². The lowest BCUT2D eigenvalue weighted by molar-refractivity contribution is -0.131. The van der Waals surface area contributed by atoms with Crippen molar-refractivity contribution < 1.29 is 9.53 Å². The molecule has 0 bridgehead atoms. The summed E-state index contributed by atoms with van der Waals surface area (Å²) in [4.78, 5) is 27.7. The molecule has 0 radical (unpaired) electrons. The second-order valence-corrected chi connectivity index (χ2v) is 9.50. The van der Waals surface area contributed by atoms with Crippen LogP contribution in [0.15, 0.2) is 30.5 Å². The molecule has 1 fully saturated rings. The van der Waals surface area contributed by atoms with Crippen LogP contribution in [0.1, 0.15) is 52.7 Å². The van der Waals surface area contributed by atoms with Crippen LogP contribution < -0.4 is 4.74 Å². The fourth-order valence-electron chi connectivity index (χ4n) is 5.22. The first-order valence-electron chi connectivity index (χ1n) is 12.1. The van der Waals surface area contributed by atoms with Gasteiger partial charge in [0.2, 0.25) is 5.91 Å². The predicted octanol–water partition coefficient (Wildman–Crippen LogP) is 4.33. The molecule has 0 unspecified atom stereocenters. The van der Waals surface area contributed by atoms with Gasteiger partial charge in [0.25, 0.3) is 5.95 Å². The molecule has 4 heterocycles. The summed E-state index contributed by atoms with van der Waals surface area (Å²) >= 11 is 0. The second-order valence-electron chi connectivity index (χ2n) is 9.50. The van der Waals surface area contributed by atoms with Gasteiger partial charge < -0.3 is 14.6 Å². The number of H-pyrrole nitrogens is 1. The highest BCUT2D eigenvalue weighted by molar-refractivity contribution is 5.85. The number of aromatic nitrogens is 5. The van der Waals surface area contributed by atoms with Crippen LogP contribution in [0.4, 0.5) is 0 Å². The Morgan fingerprint density at radius 2 is 1.80 bits per heavy atom. The van der Waals surface area contributed by atoms with E-state index in [1.54, 1.807) is 11.8 Å². The number of benzene rings is 1. The normalized spacial score (nSPS) is 14.6. The fraction of sp³-hybridized carbons (Fsp3) is 0.407. The number of carbonyl (C=O) groups excluding carboxylic acids is 1. The number of aromatic amines is 1. The van der Waals surface area contributed by atoms with Crippen molar-refractivity contribution in [3.8, 4) is 11.7 Å². The van der Waals surface area contributed by atoms with Gasteiger partial charge in [0, 0.05) is 52.8 Å². The van der Waals surface area contributed by atoms with Gasteiger partial charge in [0.1, 0.15) is 5.75 Å². The third-order valence-corrected chi connectivity index (χ3v) is 7.14. The van der Waals surface area contributed by atoms with Crippen LogP contribution in [0.5, 0.6) is 5.75 Å². The maximum absolute atomic E-state index is 13.2. The van der Waals surface area contributed by atoms with Gasteiger partial charge in [-0.1, -0.05) is 0 Å². The minimum atomic E-state index is 0.149. The Balaban J connectivity index is 1.28. The van der Waals surface area contributed by atoms with Crippen LogP contribution >= 0.6 is 0 Å². The van der Waals surface area contributed by atoms with Crippen molar-refractivity contribution in [2.75, 3.05) is 20.2 Å². The number of ether oxygens (including phenoxy) is 1. The summed E-state index contributed by atoms with van der Waals surface area (Å²) in [5.41, 5.74) is 6.96. The smallest absolute Gasteiger partial charge is 0.251 e. The zero-order valence-electron chi connectivity index (χ0n) is 21.1. The van der Waals surface area contributed by atoms with Crippen LogP contribution in [-0.4, -0.2) is 55.7 Å². The molecule has 3 aromatic heterocycles. The lowest BCUT2D eigenvalue weighted by Crippen LogP contribution is -2.38. The molecular formula is C27H32N6O2. The number of rotatable bonds is 5. The largest absolute Gasteiger partial charge is 0.497 e. The number of hydrogen-bond donors (Lipinski definition) is 1. The van der Waals surface area contributed by atoms with E-state index in [4.69, 9.17) is 4.74 Å². The highest BCUT2D eigenvalue weighted by atomic mass is 16.5. The Morgan fingerprint density at radius 1 is 1.09 bits per heavy atom. The van der Waals surface area contributed by atoms with Crippen LogP contribution in [0, 0.1) is 27.7 Å². The number of piperidine rings is 1. The molecule has 35 heavy (non-hydrogen) atoms. The van der Waals surface area contributed by atoms with Crippen LogP contribution in [0.25, 0.3) is 16.9 Å². The molecule has 1 aliphatic heterocycles. The van der Waals surface area contributed by atoms with Crippen molar-refractivity contribution in [1.82, 2.24) is 29.6 Å². The van der Waals surface area contributed by atoms with E-state index in [9.17, 15) is 4.79 Å². The Bertz CT molecular complexity index is 1370. The number of carbonyl (C=O) groups is 1. The third kappa shape index (κ3) is 4.40. The summed E-state index contributed by atoms with van der Waals surface area (Å²) in [5.74, 6) is 1.99. The first-order valence-corrected chi connectivity index (χ1v) is 12.1. The summed E-state index contributed by atoms with van der Waals surface area (Å²) in [6.45, 7) is 9.35.